The van der Waals surface area contributed by atoms with Gasteiger partial charge in [0.15, 0.2) is 0 Å². The number of ketones is 1. The number of carbonyl (C=O) groups excluding carboxylic acids is 2. The molecule has 0 fully saturated rings. The van der Waals surface area contributed by atoms with Crippen LogP contribution in [0.2, 0.25) is 0 Å². The number of alkyl halides is 3. The first kappa shape index (κ1) is 11.4. The van der Waals surface area contributed by atoms with E-state index < -0.39 is 23.4 Å². The fourth-order valence-corrected chi connectivity index (χ4v) is 1.54. The number of halogens is 3. The van der Waals surface area contributed by atoms with Gasteiger partial charge in [0.05, 0.1) is 23.9 Å². The normalized spacial score (nSPS) is 14.6. The molecule has 2 rings (SSSR count). The Kier molecular flexibility index (Phi) is 2.34. The van der Waals surface area contributed by atoms with Crippen LogP contribution in [0.4, 0.5) is 18.9 Å². The van der Waals surface area contributed by atoms with Gasteiger partial charge in [0.2, 0.25) is 0 Å². The second-order valence-electron chi connectivity index (χ2n) is 3.38. The lowest BCUT2D eigenvalue weighted by molar-refractivity contribution is -0.137. The van der Waals surface area contributed by atoms with Gasteiger partial charge in [-0.2, -0.15) is 13.2 Å². The fourth-order valence-electron chi connectivity index (χ4n) is 1.54. The van der Waals surface area contributed by atoms with E-state index in [1.807, 2.05) is 0 Å². The average Bonchev–Trinajstić information content (AvgIpc) is 2.53. The summed E-state index contributed by atoms with van der Waals surface area (Å²) in [4.78, 5) is 22.4. The van der Waals surface area contributed by atoms with Crippen LogP contribution in [0.5, 0.6) is 5.75 Å². The molecule has 1 N–H and O–H groups in total. The van der Waals surface area contributed by atoms with E-state index in [1.165, 1.54) is 0 Å². The van der Waals surface area contributed by atoms with Gasteiger partial charge in [0, 0.05) is 0 Å². The van der Waals surface area contributed by atoms with Crippen molar-refractivity contribution in [3.63, 3.8) is 0 Å². The standard InChI is InChI=1S/C10H6F3NO3/c1-17-6-3-4(10(11,12)13)2-5-7(6)14-9(16)8(5)15/h2-3H,1H3,(H,14,15,16). The second kappa shape index (κ2) is 3.47. The van der Waals surface area contributed by atoms with Crippen molar-refractivity contribution in [2.45, 2.75) is 6.18 Å². The van der Waals surface area contributed by atoms with E-state index in [-0.39, 0.29) is 17.0 Å². The lowest BCUT2D eigenvalue weighted by atomic mass is 10.1. The number of amides is 1. The van der Waals surface area contributed by atoms with E-state index in [0.717, 1.165) is 13.2 Å². The molecule has 17 heavy (non-hydrogen) atoms. The molecule has 0 saturated carbocycles. The molecule has 1 aliphatic heterocycles. The minimum Gasteiger partial charge on any atom is -0.495 e. The van der Waals surface area contributed by atoms with Crippen LogP contribution in [0.1, 0.15) is 15.9 Å². The van der Waals surface area contributed by atoms with Crippen LogP contribution in [0.15, 0.2) is 12.1 Å². The summed E-state index contributed by atoms with van der Waals surface area (Å²) in [6.45, 7) is 0. The van der Waals surface area contributed by atoms with Crippen LogP contribution in [0, 0.1) is 0 Å². The number of benzene rings is 1. The quantitative estimate of drug-likeness (QED) is 0.768. The maximum Gasteiger partial charge on any atom is 0.416 e. The molecule has 1 heterocycles. The largest absolute Gasteiger partial charge is 0.495 e. The van der Waals surface area contributed by atoms with Crippen LogP contribution in [0.3, 0.4) is 0 Å². The molecule has 0 radical (unpaired) electrons. The highest BCUT2D eigenvalue weighted by atomic mass is 19.4. The molecule has 1 aromatic carbocycles. The lowest BCUT2D eigenvalue weighted by Crippen LogP contribution is -2.12. The molecule has 0 atom stereocenters. The molecule has 1 amide bonds. The van der Waals surface area contributed by atoms with Gasteiger partial charge in [-0.3, -0.25) is 9.59 Å². The Balaban J connectivity index is 2.66. The van der Waals surface area contributed by atoms with Gasteiger partial charge in [0.1, 0.15) is 5.75 Å². The van der Waals surface area contributed by atoms with Crippen molar-refractivity contribution in [3.8, 4) is 5.75 Å². The Labute approximate surface area is 93.4 Å². The number of hydrogen-bond acceptors (Lipinski definition) is 3. The van der Waals surface area contributed by atoms with Crippen molar-refractivity contribution in [2.75, 3.05) is 12.4 Å². The third kappa shape index (κ3) is 1.73. The minimum atomic E-state index is -4.60. The number of nitrogens with one attached hydrogen (secondary N) is 1. The molecule has 0 aromatic heterocycles. The molecule has 0 saturated heterocycles. The van der Waals surface area contributed by atoms with Crippen molar-refractivity contribution in [3.05, 3.63) is 23.3 Å². The number of hydrogen-bond donors (Lipinski definition) is 1. The maximum absolute atomic E-state index is 12.5. The number of carbonyl (C=O) groups is 2. The molecule has 0 aliphatic carbocycles. The fraction of sp³-hybridized carbons (Fsp3) is 0.200. The summed E-state index contributed by atoms with van der Waals surface area (Å²) < 4.78 is 42.3. The molecule has 90 valence electrons. The van der Waals surface area contributed by atoms with Crippen LogP contribution in [-0.4, -0.2) is 18.8 Å². The molecule has 0 unspecified atom stereocenters. The Hall–Kier alpha value is -2.05. The van der Waals surface area contributed by atoms with Crippen molar-refractivity contribution >= 4 is 17.4 Å². The summed E-state index contributed by atoms with van der Waals surface area (Å²) in [6.07, 6.45) is -4.60. The topological polar surface area (TPSA) is 55.4 Å². The number of methoxy groups -OCH3 is 1. The Morgan fingerprint density at radius 2 is 1.88 bits per heavy atom. The van der Waals surface area contributed by atoms with Gasteiger partial charge in [-0.05, 0) is 12.1 Å². The summed E-state index contributed by atoms with van der Waals surface area (Å²) in [5.41, 5.74) is -1.37. The molecular weight excluding hydrogens is 239 g/mol. The van der Waals surface area contributed by atoms with Crippen LogP contribution >= 0.6 is 0 Å². The predicted octanol–water partition coefficient (Wildman–Crippen LogP) is 1.85. The average molecular weight is 245 g/mol. The second-order valence-corrected chi connectivity index (χ2v) is 3.38. The summed E-state index contributed by atoms with van der Waals surface area (Å²) in [7, 11) is 1.16. The van der Waals surface area contributed by atoms with Crippen LogP contribution in [-0.2, 0) is 11.0 Å². The molecule has 4 nitrogen and oxygen atoms in total. The highest BCUT2D eigenvalue weighted by Crippen LogP contribution is 2.39. The Morgan fingerprint density at radius 3 is 2.41 bits per heavy atom. The van der Waals surface area contributed by atoms with E-state index in [2.05, 4.69) is 5.32 Å². The molecular formula is C10H6F3NO3. The summed E-state index contributed by atoms with van der Waals surface area (Å²) >= 11 is 0. The monoisotopic (exact) mass is 245 g/mol. The smallest absolute Gasteiger partial charge is 0.416 e. The van der Waals surface area contributed by atoms with E-state index in [1.54, 1.807) is 0 Å². The zero-order valence-electron chi connectivity index (χ0n) is 8.51. The zero-order chi connectivity index (χ0) is 12.8. The van der Waals surface area contributed by atoms with Gasteiger partial charge in [-0.25, -0.2) is 0 Å². The maximum atomic E-state index is 12.5. The Bertz CT molecular complexity index is 522. The third-order valence-electron chi connectivity index (χ3n) is 2.34. The van der Waals surface area contributed by atoms with Gasteiger partial charge in [-0.1, -0.05) is 0 Å². The SMILES string of the molecule is COc1cc(C(F)(F)F)cc2c1NC(=O)C2=O. The van der Waals surface area contributed by atoms with Gasteiger partial charge in [0.25, 0.3) is 11.7 Å². The summed E-state index contributed by atoms with van der Waals surface area (Å²) in [5.74, 6) is -2.14. The number of fused-ring (bicyclic) bond motifs is 1. The number of Topliss-reactive ketones (excluding diaryl/α,β-unsaturated/α-hetero) is 1. The lowest BCUT2D eigenvalue weighted by Gasteiger charge is -2.11. The van der Waals surface area contributed by atoms with Gasteiger partial charge < -0.3 is 10.1 Å². The van der Waals surface area contributed by atoms with Crippen LogP contribution < -0.4 is 10.1 Å². The van der Waals surface area contributed by atoms with Crippen molar-refractivity contribution in [2.24, 2.45) is 0 Å². The first-order valence-electron chi connectivity index (χ1n) is 4.49. The van der Waals surface area contributed by atoms with Crippen molar-refractivity contribution in [1.29, 1.82) is 0 Å². The molecule has 1 aliphatic rings. The molecule has 7 heteroatoms. The number of anilines is 1. The highest BCUT2D eigenvalue weighted by molar-refractivity contribution is 6.52. The molecule has 0 bridgehead atoms. The number of rotatable bonds is 1. The molecule has 1 aromatic rings. The number of ether oxygens (including phenoxy) is 1. The highest BCUT2D eigenvalue weighted by Gasteiger charge is 2.37. The first-order valence-corrected chi connectivity index (χ1v) is 4.49. The van der Waals surface area contributed by atoms with E-state index in [4.69, 9.17) is 4.74 Å². The predicted molar refractivity (Wildman–Crippen MR) is 51.0 cm³/mol. The van der Waals surface area contributed by atoms with E-state index >= 15 is 0 Å². The Morgan fingerprint density at radius 1 is 1.24 bits per heavy atom. The van der Waals surface area contributed by atoms with Crippen molar-refractivity contribution < 1.29 is 27.5 Å². The van der Waals surface area contributed by atoms with E-state index in [9.17, 15) is 22.8 Å². The molecule has 0 spiro atoms. The summed E-state index contributed by atoms with van der Waals surface area (Å²) in [5, 5.41) is 2.16. The minimum absolute atomic E-state index is 0.0181. The first-order chi connectivity index (χ1) is 7.84. The zero-order valence-corrected chi connectivity index (χ0v) is 8.51. The van der Waals surface area contributed by atoms with E-state index in [0.29, 0.717) is 6.07 Å². The third-order valence-corrected chi connectivity index (χ3v) is 2.34. The van der Waals surface area contributed by atoms with Crippen LogP contribution in [0.25, 0.3) is 0 Å². The van der Waals surface area contributed by atoms with Gasteiger partial charge >= 0.3 is 6.18 Å². The summed E-state index contributed by atoms with van der Waals surface area (Å²) in [6, 6.07) is 1.37. The van der Waals surface area contributed by atoms with Crippen molar-refractivity contribution in [1.82, 2.24) is 0 Å². The van der Waals surface area contributed by atoms with Gasteiger partial charge in [-0.15, -0.1) is 0 Å².